The normalized spacial score (nSPS) is 16.0. The summed E-state index contributed by atoms with van der Waals surface area (Å²) in [6.45, 7) is 3.16. The van der Waals surface area contributed by atoms with Crippen molar-refractivity contribution in [3.63, 3.8) is 0 Å². The van der Waals surface area contributed by atoms with E-state index < -0.39 is 0 Å². The third kappa shape index (κ3) is 2.54. The molecule has 7 heteroatoms. The molecule has 24 heavy (non-hydrogen) atoms. The van der Waals surface area contributed by atoms with Crippen molar-refractivity contribution >= 4 is 33.3 Å². The summed E-state index contributed by atoms with van der Waals surface area (Å²) in [5.41, 5.74) is 9.05. The van der Waals surface area contributed by atoms with Gasteiger partial charge in [-0.1, -0.05) is 12.1 Å². The Labute approximate surface area is 143 Å². The molecule has 1 amide bonds. The quantitative estimate of drug-likeness (QED) is 0.750. The highest BCUT2D eigenvalue weighted by Crippen LogP contribution is 2.40. The van der Waals surface area contributed by atoms with Crippen LogP contribution in [0.2, 0.25) is 0 Å². The summed E-state index contributed by atoms with van der Waals surface area (Å²) < 4.78 is 1.14. The highest BCUT2D eigenvalue weighted by molar-refractivity contribution is 7.21. The lowest BCUT2D eigenvalue weighted by Crippen LogP contribution is -2.36. The minimum atomic E-state index is 0.140. The molecule has 0 bridgehead atoms. The summed E-state index contributed by atoms with van der Waals surface area (Å²) in [7, 11) is 0. The van der Waals surface area contributed by atoms with Gasteiger partial charge in [0.25, 0.3) is 0 Å². The average molecular weight is 341 g/mol. The standard InChI is InChI=1S/C17H19N5OS/c1-10(23)22-8-6-11(7-9-22)15-14(16(18)21-20-15)17-19-12-4-2-3-5-13(12)24-17/h2-5,11H,6-9H2,1H3,(H3,18,20,21). The molecule has 3 N–H and O–H groups in total. The van der Waals surface area contributed by atoms with Gasteiger partial charge in [0.1, 0.15) is 10.8 Å². The van der Waals surface area contributed by atoms with E-state index in [1.54, 1.807) is 18.3 Å². The Kier molecular flexibility index (Phi) is 3.72. The fourth-order valence-electron chi connectivity index (χ4n) is 3.34. The van der Waals surface area contributed by atoms with Crippen LogP contribution in [-0.2, 0) is 4.79 Å². The first-order valence-electron chi connectivity index (χ1n) is 8.08. The van der Waals surface area contributed by atoms with Gasteiger partial charge in [0.15, 0.2) is 0 Å². The number of H-pyrrole nitrogens is 1. The van der Waals surface area contributed by atoms with Gasteiger partial charge >= 0.3 is 0 Å². The maximum Gasteiger partial charge on any atom is 0.219 e. The van der Waals surface area contributed by atoms with E-state index in [9.17, 15) is 4.79 Å². The van der Waals surface area contributed by atoms with Crippen LogP contribution >= 0.6 is 11.3 Å². The highest BCUT2D eigenvalue weighted by Gasteiger charge is 2.28. The number of para-hydroxylation sites is 1. The van der Waals surface area contributed by atoms with E-state index in [1.165, 1.54) is 0 Å². The van der Waals surface area contributed by atoms with Gasteiger partial charge in [-0.05, 0) is 25.0 Å². The zero-order valence-corrected chi connectivity index (χ0v) is 14.3. The van der Waals surface area contributed by atoms with Crippen LogP contribution in [0.4, 0.5) is 5.82 Å². The predicted molar refractivity (Wildman–Crippen MR) is 95.8 cm³/mol. The zero-order valence-electron chi connectivity index (χ0n) is 13.5. The zero-order chi connectivity index (χ0) is 16.7. The van der Waals surface area contributed by atoms with E-state index in [0.29, 0.717) is 11.7 Å². The Bertz CT molecular complexity index is 858. The molecule has 0 aliphatic carbocycles. The van der Waals surface area contributed by atoms with Crippen LogP contribution in [0.15, 0.2) is 24.3 Å². The number of aromatic nitrogens is 3. The van der Waals surface area contributed by atoms with Gasteiger partial charge in [-0.25, -0.2) is 4.98 Å². The average Bonchev–Trinajstić information content (AvgIpc) is 3.17. The third-order valence-corrected chi connectivity index (χ3v) is 5.71. The Morgan fingerprint density at radius 1 is 1.33 bits per heavy atom. The molecule has 1 fully saturated rings. The van der Waals surface area contributed by atoms with Crippen LogP contribution in [0, 0.1) is 0 Å². The van der Waals surface area contributed by atoms with E-state index in [2.05, 4.69) is 16.3 Å². The molecule has 2 aromatic heterocycles. The number of hydrogen-bond donors (Lipinski definition) is 2. The number of fused-ring (bicyclic) bond motifs is 1. The number of thiazole rings is 1. The number of aromatic amines is 1. The largest absolute Gasteiger partial charge is 0.383 e. The minimum Gasteiger partial charge on any atom is -0.383 e. The topological polar surface area (TPSA) is 87.9 Å². The number of carbonyl (C=O) groups is 1. The molecule has 1 aliphatic rings. The van der Waals surface area contributed by atoms with E-state index in [1.807, 2.05) is 23.1 Å². The number of hydrogen-bond acceptors (Lipinski definition) is 5. The van der Waals surface area contributed by atoms with Crippen molar-refractivity contribution in [1.29, 1.82) is 0 Å². The van der Waals surface area contributed by atoms with Crippen molar-refractivity contribution in [1.82, 2.24) is 20.1 Å². The number of anilines is 1. The number of piperidine rings is 1. The molecule has 0 saturated carbocycles. The molecule has 6 nitrogen and oxygen atoms in total. The first-order chi connectivity index (χ1) is 11.6. The summed E-state index contributed by atoms with van der Waals surface area (Å²) in [5.74, 6) is 1.01. The summed E-state index contributed by atoms with van der Waals surface area (Å²) >= 11 is 1.64. The second-order valence-electron chi connectivity index (χ2n) is 6.16. The van der Waals surface area contributed by atoms with Crippen molar-refractivity contribution in [3.8, 4) is 10.6 Å². The van der Waals surface area contributed by atoms with Gasteiger partial charge in [0.2, 0.25) is 5.91 Å². The lowest BCUT2D eigenvalue weighted by molar-refractivity contribution is -0.129. The number of carbonyl (C=O) groups excluding carboxylic acids is 1. The van der Waals surface area contributed by atoms with Crippen LogP contribution in [-0.4, -0.2) is 39.1 Å². The summed E-state index contributed by atoms with van der Waals surface area (Å²) in [6.07, 6.45) is 1.81. The van der Waals surface area contributed by atoms with Gasteiger partial charge in [0.05, 0.1) is 21.5 Å². The lowest BCUT2D eigenvalue weighted by Gasteiger charge is -2.30. The van der Waals surface area contributed by atoms with Crippen LogP contribution in [0.25, 0.3) is 20.8 Å². The van der Waals surface area contributed by atoms with E-state index in [-0.39, 0.29) is 5.91 Å². The second-order valence-corrected chi connectivity index (χ2v) is 7.20. The minimum absolute atomic E-state index is 0.140. The monoisotopic (exact) mass is 341 g/mol. The first kappa shape index (κ1) is 15.1. The van der Waals surface area contributed by atoms with Crippen molar-refractivity contribution in [2.45, 2.75) is 25.7 Å². The van der Waals surface area contributed by atoms with Gasteiger partial charge in [-0.3, -0.25) is 9.89 Å². The van der Waals surface area contributed by atoms with Crippen LogP contribution in [0.1, 0.15) is 31.4 Å². The Hall–Kier alpha value is -2.41. The molecule has 1 aliphatic heterocycles. The molecule has 1 aromatic carbocycles. The summed E-state index contributed by atoms with van der Waals surface area (Å²) in [4.78, 5) is 18.1. The fraction of sp³-hybridized carbons (Fsp3) is 0.353. The molecular formula is C17H19N5OS. The van der Waals surface area contributed by atoms with Gasteiger partial charge in [-0.2, -0.15) is 5.10 Å². The van der Waals surface area contributed by atoms with Gasteiger partial charge in [0, 0.05) is 25.9 Å². The molecule has 0 radical (unpaired) electrons. The van der Waals surface area contributed by atoms with Gasteiger partial charge < -0.3 is 10.6 Å². The first-order valence-corrected chi connectivity index (χ1v) is 8.90. The van der Waals surface area contributed by atoms with E-state index in [0.717, 1.165) is 52.4 Å². The number of likely N-dealkylation sites (tertiary alicyclic amines) is 1. The van der Waals surface area contributed by atoms with Crippen LogP contribution in [0.5, 0.6) is 0 Å². The summed E-state index contributed by atoms with van der Waals surface area (Å²) in [5, 5.41) is 8.30. The number of benzene rings is 1. The molecular weight excluding hydrogens is 322 g/mol. The number of nitrogen functional groups attached to an aromatic ring is 1. The molecule has 4 rings (SSSR count). The number of nitrogens with two attached hydrogens (primary N) is 1. The van der Waals surface area contributed by atoms with Crippen LogP contribution < -0.4 is 5.73 Å². The van der Waals surface area contributed by atoms with Crippen molar-refractivity contribution in [3.05, 3.63) is 30.0 Å². The maximum atomic E-state index is 11.5. The smallest absolute Gasteiger partial charge is 0.219 e. The SMILES string of the molecule is CC(=O)N1CCC(c2n[nH]c(N)c2-c2nc3ccccc3s2)CC1. The Balaban J connectivity index is 1.68. The Morgan fingerprint density at radius 2 is 2.08 bits per heavy atom. The molecule has 0 unspecified atom stereocenters. The van der Waals surface area contributed by atoms with E-state index >= 15 is 0 Å². The second kappa shape index (κ2) is 5.90. The van der Waals surface area contributed by atoms with Crippen LogP contribution in [0.3, 0.4) is 0 Å². The maximum absolute atomic E-state index is 11.5. The molecule has 3 aromatic rings. The Morgan fingerprint density at radius 3 is 2.79 bits per heavy atom. The number of nitrogens with one attached hydrogen (secondary N) is 1. The number of rotatable bonds is 2. The predicted octanol–water partition coefficient (Wildman–Crippen LogP) is 2.99. The van der Waals surface area contributed by atoms with Gasteiger partial charge in [-0.15, -0.1) is 11.3 Å². The molecule has 1 saturated heterocycles. The molecule has 0 spiro atoms. The number of nitrogens with zero attached hydrogens (tertiary/aromatic N) is 3. The lowest BCUT2D eigenvalue weighted by atomic mass is 9.91. The molecule has 3 heterocycles. The number of amides is 1. The van der Waals surface area contributed by atoms with Crippen molar-refractivity contribution in [2.75, 3.05) is 18.8 Å². The molecule has 124 valence electrons. The molecule has 0 atom stereocenters. The third-order valence-electron chi connectivity index (χ3n) is 4.66. The fourth-order valence-corrected chi connectivity index (χ4v) is 4.37. The van der Waals surface area contributed by atoms with Crippen molar-refractivity contribution < 1.29 is 4.79 Å². The van der Waals surface area contributed by atoms with Crippen molar-refractivity contribution in [2.24, 2.45) is 0 Å². The summed E-state index contributed by atoms with van der Waals surface area (Å²) in [6, 6.07) is 8.08. The van der Waals surface area contributed by atoms with E-state index in [4.69, 9.17) is 10.7 Å². The highest BCUT2D eigenvalue weighted by atomic mass is 32.1.